The number of rotatable bonds is 7. The summed E-state index contributed by atoms with van der Waals surface area (Å²) in [5.41, 5.74) is 1.33. The highest BCUT2D eigenvalue weighted by molar-refractivity contribution is 7.99. The van der Waals surface area contributed by atoms with E-state index in [0.29, 0.717) is 12.1 Å². The molecule has 1 aliphatic carbocycles. The van der Waals surface area contributed by atoms with Gasteiger partial charge in [-0.25, -0.2) is 9.18 Å². The lowest BCUT2D eigenvalue weighted by atomic mass is 10.1. The van der Waals surface area contributed by atoms with Crippen LogP contribution in [-0.2, 0) is 13.5 Å². The SMILES string of the molecule is CCc1ccc(Nc2c3c(=O)n(C4CC4)c(=O)n(-c4cccc(NSC)c4)c3c(C)c(=O)n2C)c(F)c1. The molecule has 0 saturated heterocycles. The molecular weight excluding hydrogens is 493 g/mol. The highest BCUT2D eigenvalue weighted by Crippen LogP contribution is 2.34. The Morgan fingerprint density at radius 3 is 2.49 bits per heavy atom. The van der Waals surface area contributed by atoms with Gasteiger partial charge in [0.15, 0.2) is 0 Å². The van der Waals surface area contributed by atoms with E-state index >= 15 is 0 Å². The molecule has 1 aliphatic rings. The monoisotopic (exact) mass is 521 g/mol. The molecule has 5 rings (SSSR count). The van der Waals surface area contributed by atoms with Crippen LogP contribution >= 0.6 is 11.9 Å². The summed E-state index contributed by atoms with van der Waals surface area (Å²) >= 11 is 1.41. The van der Waals surface area contributed by atoms with Gasteiger partial charge in [0.05, 0.1) is 16.9 Å². The zero-order chi connectivity index (χ0) is 26.4. The first kappa shape index (κ1) is 24.9. The van der Waals surface area contributed by atoms with Crippen LogP contribution in [0.15, 0.2) is 56.8 Å². The lowest BCUT2D eigenvalue weighted by Crippen LogP contribution is -2.41. The molecule has 1 saturated carbocycles. The van der Waals surface area contributed by atoms with E-state index in [9.17, 15) is 18.8 Å². The molecule has 2 aromatic heterocycles. The summed E-state index contributed by atoms with van der Waals surface area (Å²) in [5, 5.41) is 3.16. The van der Waals surface area contributed by atoms with E-state index in [0.717, 1.165) is 24.1 Å². The molecule has 2 aromatic carbocycles. The first-order chi connectivity index (χ1) is 17.8. The van der Waals surface area contributed by atoms with Crippen LogP contribution in [0.4, 0.5) is 21.6 Å². The number of halogens is 1. The van der Waals surface area contributed by atoms with Gasteiger partial charge in [-0.05, 0) is 62.1 Å². The minimum absolute atomic E-state index is 0.138. The molecule has 0 unspecified atom stereocenters. The van der Waals surface area contributed by atoms with E-state index in [1.165, 1.54) is 38.8 Å². The topological polar surface area (TPSA) is 90.1 Å². The molecular formula is C27H28FN5O3S. The maximum Gasteiger partial charge on any atom is 0.336 e. The van der Waals surface area contributed by atoms with Gasteiger partial charge in [-0.15, -0.1) is 0 Å². The van der Waals surface area contributed by atoms with Crippen molar-refractivity contribution in [3.8, 4) is 5.69 Å². The van der Waals surface area contributed by atoms with Crippen LogP contribution in [0.25, 0.3) is 16.6 Å². The molecule has 0 bridgehead atoms. The van der Waals surface area contributed by atoms with Gasteiger partial charge in [-0.2, -0.15) is 0 Å². The number of fused-ring (bicyclic) bond motifs is 1. The maximum absolute atomic E-state index is 15.0. The number of anilines is 3. The van der Waals surface area contributed by atoms with Crippen molar-refractivity contribution in [2.45, 2.75) is 39.2 Å². The molecule has 8 nitrogen and oxygen atoms in total. The molecule has 192 valence electrons. The average Bonchev–Trinajstić information content (AvgIpc) is 3.71. The number of benzene rings is 2. The van der Waals surface area contributed by atoms with Gasteiger partial charge in [0.2, 0.25) is 0 Å². The van der Waals surface area contributed by atoms with Crippen molar-refractivity contribution in [1.82, 2.24) is 13.7 Å². The lowest BCUT2D eigenvalue weighted by molar-refractivity contribution is 0.629. The second-order valence-electron chi connectivity index (χ2n) is 9.23. The van der Waals surface area contributed by atoms with Crippen LogP contribution in [0.5, 0.6) is 0 Å². The van der Waals surface area contributed by atoms with E-state index < -0.39 is 22.6 Å². The van der Waals surface area contributed by atoms with Gasteiger partial charge < -0.3 is 10.0 Å². The van der Waals surface area contributed by atoms with E-state index in [1.54, 1.807) is 37.3 Å². The normalized spacial score (nSPS) is 13.2. The second-order valence-corrected chi connectivity index (χ2v) is 9.85. The minimum atomic E-state index is -0.498. The summed E-state index contributed by atoms with van der Waals surface area (Å²) in [4.78, 5) is 41.1. The quantitative estimate of drug-likeness (QED) is 0.345. The van der Waals surface area contributed by atoms with Crippen LogP contribution in [0, 0.1) is 12.7 Å². The molecule has 2 heterocycles. The van der Waals surface area contributed by atoms with E-state index in [2.05, 4.69) is 10.0 Å². The Hall–Kier alpha value is -3.79. The van der Waals surface area contributed by atoms with Crippen molar-refractivity contribution in [2.75, 3.05) is 16.3 Å². The molecule has 0 spiro atoms. The average molecular weight is 522 g/mol. The first-order valence-electron chi connectivity index (χ1n) is 12.1. The summed E-state index contributed by atoms with van der Waals surface area (Å²) < 4.78 is 22.1. The largest absolute Gasteiger partial charge is 0.338 e. The summed E-state index contributed by atoms with van der Waals surface area (Å²) in [6.07, 6.45) is 4.00. The van der Waals surface area contributed by atoms with Crippen LogP contribution in [0.2, 0.25) is 0 Å². The Morgan fingerprint density at radius 2 is 1.84 bits per heavy atom. The van der Waals surface area contributed by atoms with Gasteiger partial charge in [-0.1, -0.05) is 31.0 Å². The van der Waals surface area contributed by atoms with Crippen LogP contribution in [0.3, 0.4) is 0 Å². The molecule has 2 N–H and O–H groups in total. The fourth-order valence-corrected chi connectivity index (χ4v) is 5.05. The molecule has 10 heteroatoms. The molecule has 37 heavy (non-hydrogen) atoms. The van der Waals surface area contributed by atoms with Crippen molar-refractivity contribution in [1.29, 1.82) is 0 Å². The van der Waals surface area contributed by atoms with Crippen LogP contribution < -0.4 is 26.8 Å². The maximum atomic E-state index is 15.0. The smallest absolute Gasteiger partial charge is 0.336 e. The zero-order valence-electron chi connectivity index (χ0n) is 21.1. The fourth-order valence-electron chi connectivity index (χ4n) is 4.69. The predicted molar refractivity (Wildman–Crippen MR) is 148 cm³/mol. The first-order valence-corrected chi connectivity index (χ1v) is 13.3. The minimum Gasteiger partial charge on any atom is -0.338 e. The van der Waals surface area contributed by atoms with Crippen molar-refractivity contribution >= 4 is 40.0 Å². The summed E-state index contributed by atoms with van der Waals surface area (Å²) in [7, 11) is 1.54. The van der Waals surface area contributed by atoms with Crippen molar-refractivity contribution < 1.29 is 4.39 Å². The number of aromatic nitrogens is 3. The summed E-state index contributed by atoms with van der Waals surface area (Å²) in [6, 6.07) is 11.8. The number of pyridine rings is 1. The molecule has 1 fully saturated rings. The third-order valence-electron chi connectivity index (χ3n) is 6.77. The molecule has 0 radical (unpaired) electrons. The van der Waals surface area contributed by atoms with Gasteiger partial charge in [0.25, 0.3) is 11.1 Å². The van der Waals surface area contributed by atoms with Gasteiger partial charge in [-0.3, -0.25) is 23.3 Å². The van der Waals surface area contributed by atoms with Crippen molar-refractivity contribution in [3.63, 3.8) is 0 Å². The zero-order valence-corrected chi connectivity index (χ0v) is 21.9. The molecule has 0 aliphatic heterocycles. The number of aryl methyl sites for hydroxylation is 2. The standard InChI is InChI=1S/C27H28FN5O3S/c1-5-16-9-12-21(20(28)13-16)29-24-22-23(15(2)25(34)31(24)3)32(19-8-6-7-17(14-19)30-37-4)27(36)33(26(22)35)18-10-11-18/h6-9,12-14,18,29-30H,5,10-11H2,1-4H3. The van der Waals surface area contributed by atoms with Crippen LogP contribution in [0.1, 0.15) is 36.9 Å². The third kappa shape index (κ3) is 4.25. The predicted octanol–water partition coefficient (Wildman–Crippen LogP) is 4.63. The van der Waals surface area contributed by atoms with E-state index in [-0.39, 0.29) is 34.0 Å². The van der Waals surface area contributed by atoms with Crippen molar-refractivity contribution in [2.24, 2.45) is 7.05 Å². The second kappa shape index (κ2) is 9.59. The summed E-state index contributed by atoms with van der Waals surface area (Å²) in [6.45, 7) is 3.54. The van der Waals surface area contributed by atoms with Crippen molar-refractivity contribution in [3.05, 3.63) is 90.6 Å². The Balaban J connectivity index is 1.89. The molecule has 0 amide bonds. The van der Waals surface area contributed by atoms with E-state index in [4.69, 9.17) is 0 Å². The Labute approximate surface area is 216 Å². The number of hydrogen-bond donors (Lipinski definition) is 2. The summed E-state index contributed by atoms with van der Waals surface area (Å²) in [5.74, 6) is -0.354. The van der Waals surface area contributed by atoms with Crippen LogP contribution in [-0.4, -0.2) is 20.0 Å². The molecule has 4 aromatic rings. The Bertz CT molecular complexity index is 1720. The van der Waals surface area contributed by atoms with Gasteiger partial charge in [0.1, 0.15) is 17.0 Å². The lowest BCUT2D eigenvalue weighted by Gasteiger charge is -2.21. The van der Waals surface area contributed by atoms with Gasteiger partial charge >= 0.3 is 5.69 Å². The third-order valence-corrected chi connectivity index (χ3v) is 7.21. The Kier molecular flexibility index (Phi) is 6.45. The van der Waals surface area contributed by atoms with Gasteiger partial charge in [0, 0.05) is 30.6 Å². The van der Waals surface area contributed by atoms with E-state index in [1.807, 2.05) is 19.2 Å². The number of hydrogen-bond acceptors (Lipinski definition) is 6. The fraction of sp³-hybridized carbons (Fsp3) is 0.296. The number of nitrogens with zero attached hydrogens (tertiary/aromatic N) is 3. The Morgan fingerprint density at radius 1 is 1.08 bits per heavy atom. The highest BCUT2D eigenvalue weighted by atomic mass is 32.2. The highest BCUT2D eigenvalue weighted by Gasteiger charge is 2.31. The molecule has 0 atom stereocenters. The number of nitrogens with one attached hydrogen (secondary N) is 2.